The summed E-state index contributed by atoms with van der Waals surface area (Å²) >= 11 is 0. The Hall–Kier alpha value is -1.32. The number of carbonyl (C=O) groups excluding carboxylic acids is 1. The number of nitrogens with one attached hydrogen (secondary N) is 1. The number of rotatable bonds is 3. The van der Waals surface area contributed by atoms with Gasteiger partial charge in [-0.25, -0.2) is 0 Å². The monoisotopic (exact) mass is 154 g/mol. The van der Waals surface area contributed by atoms with Crippen molar-refractivity contribution in [3.63, 3.8) is 0 Å². The molecule has 1 aromatic rings. The molecule has 0 fully saturated rings. The predicted octanol–water partition coefficient (Wildman–Crippen LogP) is 0.701. The van der Waals surface area contributed by atoms with Gasteiger partial charge in [-0.15, -0.1) is 0 Å². The maximum atomic E-state index is 10.7. The third kappa shape index (κ3) is 2.41. The van der Waals surface area contributed by atoms with E-state index in [-0.39, 0.29) is 5.91 Å². The molecule has 0 aliphatic heterocycles. The van der Waals surface area contributed by atoms with Crippen LogP contribution in [0.1, 0.15) is 19.1 Å². The van der Waals surface area contributed by atoms with Gasteiger partial charge in [0.15, 0.2) is 5.76 Å². The molecule has 1 N–H and O–H groups in total. The molecule has 1 aromatic heterocycles. The fourth-order valence-electron chi connectivity index (χ4n) is 0.644. The van der Waals surface area contributed by atoms with E-state index < -0.39 is 0 Å². The molecule has 0 saturated heterocycles. The third-order valence-corrected chi connectivity index (χ3v) is 1.27. The van der Waals surface area contributed by atoms with Gasteiger partial charge >= 0.3 is 0 Å². The van der Waals surface area contributed by atoms with Crippen molar-refractivity contribution in [2.75, 3.05) is 0 Å². The maximum Gasteiger partial charge on any atom is 0.220 e. The number of hydrogen-bond acceptors (Lipinski definition) is 3. The van der Waals surface area contributed by atoms with Crippen LogP contribution in [-0.4, -0.2) is 11.1 Å². The van der Waals surface area contributed by atoms with Crippen LogP contribution in [0.4, 0.5) is 0 Å². The Labute approximate surface area is 64.6 Å². The Kier molecular flexibility index (Phi) is 2.66. The van der Waals surface area contributed by atoms with Crippen LogP contribution in [0.25, 0.3) is 0 Å². The Morgan fingerprint density at radius 1 is 1.82 bits per heavy atom. The van der Waals surface area contributed by atoms with E-state index in [1.165, 1.54) is 0 Å². The minimum atomic E-state index is 0.0152. The summed E-state index contributed by atoms with van der Waals surface area (Å²) in [5.41, 5.74) is 0. The average molecular weight is 154 g/mol. The lowest BCUT2D eigenvalue weighted by Crippen LogP contribution is -2.20. The molecule has 11 heavy (non-hydrogen) atoms. The Morgan fingerprint density at radius 3 is 3.18 bits per heavy atom. The number of amides is 1. The second-order valence-corrected chi connectivity index (χ2v) is 2.11. The molecule has 1 amide bonds. The van der Waals surface area contributed by atoms with Crippen molar-refractivity contribution in [1.82, 2.24) is 10.5 Å². The number of aromatic nitrogens is 1. The minimum Gasteiger partial charge on any atom is -0.360 e. The van der Waals surface area contributed by atoms with Crippen molar-refractivity contribution in [3.05, 3.63) is 18.0 Å². The molecule has 1 heterocycles. The van der Waals surface area contributed by atoms with Crippen molar-refractivity contribution in [2.45, 2.75) is 19.9 Å². The molecule has 4 heteroatoms. The van der Waals surface area contributed by atoms with E-state index in [1.54, 1.807) is 19.2 Å². The first-order chi connectivity index (χ1) is 5.33. The molecule has 0 aromatic carbocycles. The largest absolute Gasteiger partial charge is 0.360 e. The standard InChI is InChI=1S/C7H10N2O2/c1-2-7(10)8-5-6-3-4-9-11-6/h3-4H,2,5H2,1H3,(H,8,10). The van der Waals surface area contributed by atoms with Gasteiger partial charge in [-0.1, -0.05) is 12.1 Å². The van der Waals surface area contributed by atoms with Crippen LogP contribution in [0.15, 0.2) is 16.8 Å². The summed E-state index contributed by atoms with van der Waals surface area (Å²) < 4.78 is 4.76. The molecular weight excluding hydrogens is 144 g/mol. The first-order valence-corrected chi connectivity index (χ1v) is 3.49. The highest BCUT2D eigenvalue weighted by molar-refractivity contribution is 5.75. The molecule has 0 saturated carbocycles. The van der Waals surface area contributed by atoms with Gasteiger partial charge in [0.1, 0.15) is 0 Å². The van der Waals surface area contributed by atoms with Crippen molar-refractivity contribution in [1.29, 1.82) is 0 Å². The Bertz CT molecular complexity index is 218. The highest BCUT2D eigenvalue weighted by Gasteiger charge is 1.98. The highest BCUT2D eigenvalue weighted by Crippen LogP contribution is 1.94. The second kappa shape index (κ2) is 3.75. The quantitative estimate of drug-likeness (QED) is 0.697. The van der Waals surface area contributed by atoms with Gasteiger partial charge in [0.25, 0.3) is 0 Å². The molecule has 0 unspecified atom stereocenters. The maximum absolute atomic E-state index is 10.7. The normalized spacial score (nSPS) is 9.55. The fraction of sp³-hybridized carbons (Fsp3) is 0.429. The van der Waals surface area contributed by atoms with E-state index in [1.807, 2.05) is 0 Å². The minimum absolute atomic E-state index is 0.0152. The molecule has 4 nitrogen and oxygen atoms in total. The second-order valence-electron chi connectivity index (χ2n) is 2.11. The van der Waals surface area contributed by atoms with E-state index in [0.29, 0.717) is 18.7 Å². The van der Waals surface area contributed by atoms with Gasteiger partial charge < -0.3 is 9.84 Å². The number of carbonyl (C=O) groups is 1. The first-order valence-electron chi connectivity index (χ1n) is 3.49. The molecule has 0 atom stereocenters. The molecule has 0 aliphatic carbocycles. The van der Waals surface area contributed by atoms with E-state index >= 15 is 0 Å². The number of hydrogen-bond donors (Lipinski definition) is 1. The van der Waals surface area contributed by atoms with Gasteiger partial charge in [-0.2, -0.15) is 0 Å². The van der Waals surface area contributed by atoms with Crippen LogP contribution >= 0.6 is 0 Å². The first kappa shape index (κ1) is 7.78. The predicted molar refractivity (Wildman–Crippen MR) is 38.6 cm³/mol. The summed E-state index contributed by atoms with van der Waals surface area (Å²) in [5, 5.41) is 6.16. The average Bonchev–Trinajstić information content (AvgIpc) is 2.52. The zero-order valence-electron chi connectivity index (χ0n) is 6.33. The van der Waals surface area contributed by atoms with Gasteiger partial charge in [-0.3, -0.25) is 4.79 Å². The van der Waals surface area contributed by atoms with Crippen molar-refractivity contribution < 1.29 is 9.32 Å². The fourth-order valence-corrected chi connectivity index (χ4v) is 0.644. The van der Waals surface area contributed by atoms with E-state index in [9.17, 15) is 4.79 Å². The van der Waals surface area contributed by atoms with Crippen molar-refractivity contribution in [3.8, 4) is 0 Å². The van der Waals surface area contributed by atoms with E-state index in [0.717, 1.165) is 0 Å². The van der Waals surface area contributed by atoms with Gasteiger partial charge in [0.2, 0.25) is 5.91 Å². The molecule has 0 radical (unpaired) electrons. The smallest absolute Gasteiger partial charge is 0.220 e. The van der Waals surface area contributed by atoms with Crippen LogP contribution in [0, 0.1) is 0 Å². The van der Waals surface area contributed by atoms with Crippen LogP contribution in [-0.2, 0) is 11.3 Å². The summed E-state index contributed by atoms with van der Waals surface area (Å²) in [5.74, 6) is 0.688. The van der Waals surface area contributed by atoms with Crippen LogP contribution < -0.4 is 5.32 Å². The third-order valence-electron chi connectivity index (χ3n) is 1.27. The highest BCUT2D eigenvalue weighted by atomic mass is 16.5. The lowest BCUT2D eigenvalue weighted by Gasteiger charge is -1.97. The molecule has 0 bridgehead atoms. The summed E-state index contributed by atoms with van der Waals surface area (Å²) in [7, 11) is 0. The summed E-state index contributed by atoms with van der Waals surface area (Å²) in [6, 6.07) is 1.72. The molecule has 1 rings (SSSR count). The van der Waals surface area contributed by atoms with Crippen LogP contribution in [0.2, 0.25) is 0 Å². The summed E-state index contributed by atoms with van der Waals surface area (Å²) in [6.07, 6.45) is 2.04. The SMILES string of the molecule is CCC(=O)NCc1ccno1. The Morgan fingerprint density at radius 2 is 2.64 bits per heavy atom. The zero-order chi connectivity index (χ0) is 8.10. The summed E-state index contributed by atoms with van der Waals surface area (Å²) in [6.45, 7) is 2.22. The zero-order valence-corrected chi connectivity index (χ0v) is 6.33. The van der Waals surface area contributed by atoms with Gasteiger partial charge in [0, 0.05) is 12.5 Å². The van der Waals surface area contributed by atoms with Gasteiger partial charge in [-0.05, 0) is 0 Å². The lowest BCUT2D eigenvalue weighted by atomic mass is 10.4. The molecule has 0 aliphatic rings. The molecular formula is C7H10N2O2. The summed E-state index contributed by atoms with van der Waals surface area (Å²) in [4.78, 5) is 10.7. The lowest BCUT2D eigenvalue weighted by molar-refractivity contribution is -0.121. The van der Waals surface area contributed by atoms with Gasteiger partial charge in [0.05, 0.1) is 12.7 Å². The van der Waals surface area contributed by atoms with Crippen molar-refractivity contribution >= 4 is 5.91 Å². The molecule has 0 spiro atoms. The van der Waals surface area contributed by atoms with E-state index in [2.05, 4.69) is 10.5 Å². The van der Waals surface area contributed by atoms with E-state index in [4.69, 9.17) is 4.52 Å². The van der Waals surface area contributed by atoms with Crippen molar-refractivity contribution in [2.24, 2.45) is 0 Å². The Balaban J connectivity index is 2.29. The van der Waals surface area contributed by atoms with Crippen LogP contribution in [0.5, 0.6) is 0 Å². The molecule has 60 valence electrons. The number of nitrogens with zero attached hydrogens (tertiary/aromatic N) is 1. The van der Waals surface area contributed by atoms with Crippen LogP contribution in [0.3, 0.4) is 0 Å². The topological polar surface area (TPSA) is 55.1 Å².